The summed E-state index contributed by atoms with van der Waals surface area (Å²) in [7, 11) is 0. The maximum absolute atomic E-state index is 13.7. The van der Waals surface area contributed by atoms with Crippen LogP contribution < -0.4 is 5.32 Å². The van der Waals surface area contributed by atoms with Crippen LogP contribution in [0.4, 0.5) is 18.9 Å². The van der Waals surface area contributed by atoms with Crippen LogP contribution in [-0.2, 0) is 20.5 Å². The fraction of sp³-hybridized carbons (Fsp3) is 0.103. The van der Waals surface area contributed by atoms with Crippen LogP contribution in [0.15, 0.2) is 91.0 Å². The average Bonchev–Trinajstić information content (AvgIpc) is 3.24. The topological polar surface area (TPSA) is 89.5 Å². The minimum Gasteiger partial charge on any atom is -0.453 e. The smallest absolute Gasteiger partial charge is 0.416 e. The Hall–Kier alpha value is -4.79. The number of nitrogens with one attached hydrogen (secondary N) is 1. The fourth-order valence-corrected chi connectivity index (χ4v) is 4.44. The van der Waals surface area contributed by atoms with Crippen molar-refractivity contribution in [2.45, 2.75) is 12.3 Å². The molecule has 0 saturated carbocycles. The summed E-state index contributed by atoms with van der Waals surface area (Å²) in [5.74, 6) is -5.86. The Bertz CT molecular complexity index is 1610. The van der Waals surface area contributed by atoms with Gasteiger partial charge in [-0.2, -0.15) is 13.2 Å². The lowest BCUT2D eigenvalue weighted by Crippen LogP contribution is -2.38. The van der Waals surface area contributed by atoms with E-state index in [0.29, 0.717) is 11.5 Å². The zero-order valence-corrected chi connectivity index (χ0v) is 19.5. The number of ether oxygens (including phenoxy) is 1. The van der Waals surface area contributed by atoms with Gasteiger partial charge in [-0.1, -0.05) is 60.7 Å². The zero-order chi connectivity index (χ0) is 27.0. The van der Waals surface area contributed by atoms with Crippen LogP contribution in [0.5, 0.6) is 0 Å². The van der Waals surface area contributed by atoms with Gasteiger partial charge in [-0.3, -0.25) is 14.4 Å². The number of carbonyl (C=O) groups excluding carboxylic acids is 4. The molecule has 0 bridgehead atoms. The molecule has 1 N–H and O–H groups in total. The molecule has 1 heterocycles. The minimum absolute atomic E-state index is 0.106. The number of benzene rings is 4. The van der Waals surface area contributed by atoms with Crippen molar-refractivity contribution < 1.29 is 37.1 Å². The number of amides is 1. The second-order valence-electron chi connectivity index (χ2n) is 8.71. The number of ketones is 2. The number of hydrogen-bond donors (Lipinski definition) is 1. The zero-order valence-electron chi connectivity index (χ0n) is 19.5. The molecule has 0 aliphatic carbocycles. The maximum Gasteiger partial charge on any atom is 0.416 e. The minimum atomic E-state index is -4.67. The van der Waals surface area contributed by atoms with Crippen LogP contribution >= 0.6 is 0 Å². The summed E-state index contributed by atoms with van der Waals surface area (Å²) < 4.78 is 44.7. The van der Waals surface area contributed by atoms with E-state index in [1.165, 1.54) is 24.3 Å². The first-order chi connectivity index (χ1) is 18.1. The van der Waals surface area contributed by atoms with Gasteiger partial charge < -0.3 is 10.1 Å². The lowest BCUT2D eigenvalue weighted by molar-refractivity contribution is -0.138. The molecule has 6 nitrogen and oxygen atoms in total. The highest BCUT2D eigenvalue weighted by Crippen LogP contribution is 2.38. The number of Topliss-reactive ketones (excluding diaryl/α,β-unsaturated/α-hetero) is 2. The van der Waals surface area contributed by atoms with E-state index < -0.39 is 47.2 Å². The number of hydrogen-bond acceptors (Lipinski definition) is 5. The number of fused-ring (bicyclic) bond motifs is 2. The van der Waals surface area contributed by atoms with Gasteiger partial charge in [0.05, 0.1) is 11.1 Å². The van der Waals surface area contributed by atoms with E-state index >= 15 is 0 Å². The maximum atomic E-state index is 13.7. The second-order valence-corrected chi connectivity index (χ2v) is 8.71. The first kappa shape index (κ1) is 24.9. The monoisotopic (exact) mass is 517 g/mol. The first-order valence-electron chi connectivity index (χ1n) is 11.5. The van der Waals surface area contributed by atoms with Crippen LogP contribution in [0, 0.1) is 5.92 Å². The summed E-state index contributed by atoms with van der Waals surface area (Å²) in [6.07, 6.45) is -6.06. The molecular weight excluding hydrogens is 499 g/mol. The molecule has 0 radical (unpaired) electrons. The number of alkyl halides is 3. The van der Waals surface area contributed by atoms with Crippen LogP contribution in [0.3, 0.4) is 0 Å². The van der Waals surface area contributed by atoms with E-state index in [1.54, 1.807) is 36.4 Å². The molecule has 1 aliphatic rings. The van der Waals surface area contributed by atoms with Gasteiger partial charge in [0.2, 0.25) is 5.78 Å². The Morgan fingerprint density at radius 3 is 2.29 bits per heavy atom. The number of halogens is 3. The molecule has 190 valence electrons. The molecule has 0 fully saturated rings. The molecule has 2 atom stereocenters. The third kappa shape index (κ3) is 4.66. The third-order valence-corrected chi connectivity index (χ3v) is 6.29. The predicted molar refractivity (Wildman–Crippen MR) is 131 cm³/mol. The summed E-state index contributed by atoms with van der Waals surface area (Å²) in [5, 5.41) is 3.70. The van der Waals surface area contributed by atoms with Gasteiger partial charge in [0.25, 0.3) is 5.91 Å². The Kier molecular flexibility index (Phi) is 6.28. The number of cyclic esters (lactones) is 1. The Morgan fingerprint density at radius 1 is 0.816 bits per heavy atom. The van der Waals surface area contributed by atoms with Crippen molar-refractivity contribution in [2.75, 3.05) is 5.32 Å². The standard InChI is InChI=1S/C29H18F3NO5/c30-29(31,32)19-8-5-9-20(15-19)33-27(36)25(35)23(26-21-10-3-4-11-22(21)28(37)38-26)24(34)18-13-12-16-6-1-2-7-17(16)14-18/h1-15,23,26H,(H,33,36)/t23-,26-/m1/s1. The van der Waals surface area contributed by atoms with Crippen molar-refractivity contribution in [3.05, 3.63) is 113 Å². The number of rotatable bonds is 6. The van der Waals surface area contributed by atoms with Crippen LogP contribution in [0.25, 0.3) is 10.8 Å². The summed E-state index contributed by atoms with van der Waals surface area (Å²) in [6.45, 7) is 0. The molecule has 0 saturated heterocycles. The third-order valence-electron chi connectivity index (χ3n) is 6.29. The molecule has 4 aromatic carbocycles. The number of carbonyl (C=O) groups is 4. The van der Waals surface area contributed by atoms with E-state index in [1.807, 2.05) is 12.1 Å². The van der Waals surface area contributed by atoms with Crippen molar-refractivity contribution in [1.29, 1.82) is 0 Å². The molecule has 4 aromatic rings. The van der Waals surface area contributed by atoms with Gasteiger partial charge in [-0.05, 0) is 41.1 Å². The SMILES string of the molecule is O=C(Nc1cccc(C(F)(F)F)c1)C(=O)[C@@H](C(=O)c1ccc2ccccc2c1)[C@@H]1OC(=O)c2ccccc21. The van der Waals surface area contributed by atoms with Crippen LogP contribution in [0.1, 0.15) is 37.9 Å². The normalized spacial score (nSPS) is 15.4. The molecule has 0 aromatic heterocycles. The molecule has 1 amide bonds. The highest BCUT2D eigenvalue weighted by molar-refractivity contribution is 6.45. The van der Waals surface area contributed by atoms with Gasteiger partial charge in [0, 0.05) is 16.8 Å². The van der Waals surface area contributed by atoms with Crippen molar-refractivity contribution in [1.82, 2.24) is 0 Å². The second kappa shape index (κ2) is 9.59. The van der Waals surface area contributed by atoms with Gasteiger partial charge >= 0.3 is 12.1 Å². The first-order valence-corrected chi connectivity index (χ1v) is 11.5. The molecule has 38 heavy (non-hydrogen) atoms. The molecule has 5 rings (SSSR count). The van der Waals surface area contributed by atoms with Gasteiger partial charge in [0.15, 0.2) is 5.78 Å². The Morgan fingerprint density at radius 2 is 1.53 bits per heavy atom. The summed E-state index contributed by atoms with van der Waals surface area (Å²) >= 11 is 0. The van der Waals surface area contributed by atoms with Crippen molar-refractivity contribution >= 4 is 39.9 Å². The molecule has 0 spiro atoms. The molecule has 9 heteroatoms. The highest BCUT2D eigenvalue weighted by Gasteiger charge is 2.46. The van der Waals surface area contributed by atoms with Gasteiger partial charge in [-0.15, -0.1) is 0 Å². The number of esters is 1. The van der Waals surface area contributed by atoms with E-state index in [4.69, 9.17) is 4.74 Å². The van der Waals surface area contributed by atoms with E-state index in [2.05, 4.69) is 5.32 Å². The average molecular weight is 517 g/mol. The Labute approximate surface area is 214 Å². The van der Waals surface area contributed by atoms with Gasteiger partial charge in [-0.25, -0.2) is 4.79 Å². The predicted octanol–water partition coefficient (Wildman–Crippen LogP) is 5.78. The quantitative estimate of drug-likeness (QED) is 0.152. The molecule has 0 unspecified atom stereocenters. The highest BCUT2D eigenvalue weighted by atomic mass is 19.4. The fourth-order valence-electron chi connectivity index (χ4n) is 4.44. The van der Waals surface area contributed by atoms with Crippen molar-refractivity contribution in [3.63, 3.8) is 0 Å². The van der Waals surface area contributed by atoms with E-state index in [0.717, 1.165) is 17.5 Å². The van der Waals surface area contributed by atoms with E-state index in [-0.39, 0.29) is 22.4 Å². The molecular formula is C29H18F3NO5. The lowest BCUT2D eigenvalue weighted by Gasteiger charge is -2.21. The lowest BCUT2D eigenvalue weighted by atomic mass is 9.84. The molecule has 1 aliphatic heterocycles. The van der Waals surface area contributed by atoms with E-state index in [9.17, 15) is 32.3 Å². The van der Waals surface area contributed by atoms with Crippen LogP contribution in [-0.4, -0.2) is 23.4 Å². The van der Waals surface area contributed by atoms with Crippen molar-refractivity contribution in [2.24, 2.45) is 5.92 Å². The number of anilines is 1. The van der Waals surface area contributed by atoms with Crippen molar-refractivity contribution in [3.8, 4) is 0 Å². The summed E-state index contributed by atoms with van der Waals surface area (Å²) in [5.41, 5.74) is -0.782. The van der Waals surface area contributed by atoms with Gasteiger partial charge in [0.1, 0.15) is 12.0 Å². The summed E-state index contributed by atoms with van der Waals surface area (Å²) in [6, 6.07) is 21.9. The summed E-state index contributed by atoms with van der Waals surface area (Å²) in [4.78, 5) is 52.7. The largest absolute Gasteiger partial charge is 0.453 e. The van der Waals surface area contributed by atoms with Crippen LogP contribution in [0.2, 0.25) is 0 Å². The Balaban J connectivity index is 1.52.